The van der Waals surface area contributed by atoms with E-state index in [4.69, 9.17) is 5.11 Å². The minimum atomic E-state index is -0.776. The summed E-state index contributed by atoms with van der Waals surface area (Å²) in [6, 6.07) is 7.58. The topological polar surface area (TPSA) is 37.3 Å². The van der Waals surface area contributed by atoms with Gasteiger partial charge in [-0.2, -0.15) is 0 Å². The minimum Gasteiger partial charge on any atom is -0.480 e. The number of carbonyl (C=O) groups is 1. The van der Waals surface area contributed by atoms with Crippen molar-refractivity contribution in [1.82, 2.24) is 0 Å². The SMILES string of the molecule is CSC(C(=O)O)c1ccccc1C. The molecule has 1 aromatic rings. The highest BCUT2D eigenvalue weighted by Gasteiger charge is 2.19. The molecule has 1 N–H and O–H groups in total. The minimum absolute atomic E-state index is 0.443. The third kappa shape index (κ3) is 2.25. The average molecular weight is 196 g/mol. The summed E-state index contributed by atoms with van der Waals surface area (Å²) >= 11 is 1.35. The van der Waals surface area contributed by atoms with Gasteiger partial charge in [-0.25, -0.2) is 0 Å². The number of carboxylic acid groups (broad SMARTS) is 1. The van der Waals surface area contributed by atoms with Gasteiger partial charge in [-0.05, 0) is 24.3 Å². The number of hydrogen-bond donors (Lipinski definition) is 1. The van der Waals surface area contributed by atoms with Gasteiger partial charge in [-0.15, -0.1) is 11.8 Å². The Morgan fingerprint density at radius 1 is 1.46 bits per heavy atom. The molecule has 13 heavy (non-hydrogen) atoms. The van der Waals surface area contributed by atoms with Crippen LogP contribution in [0.2, 0.25) is 0 Å². The van der Waals surface area contributed by atoms with Crippen molar-refractivity contribution in [3.05, 3.63) is 35.4 Å². The van der Waals surface area contributed by atoms with Gasteiger partial charge in [0.05, 0.1) is 0 Å². The molecule has 70 valence electrons. The van der Waals surface area contributed by atoms with E-state index in [1.807, 2.05) is 37.4 Å². The largest absolute Gasteiger partial charge is 0.480 e. The highest BCUT2D eigenvalue weighted by molar-refractivity contribution is 7.99. The van der Waals surface area contributed by atoms with Gasteiger partial charge in [0, 0.05) is 0 Å². The van der Waals surface area contributed by atoms with E-state index in [2.05, 4.69) is 0 Å². The van der Waals surface area contributed by atoms with Crippen LogP contribution >= 0.6 is 11.8 Å². The molecule has 0 saturated heterocycles. The van der Waals surface area contributed by atoms with Gasteiger partial charge in [-0.1, -0.05) is 24.3 Å². The molecule has 0 aliphatic rings. The molecule has 0 saturated carbocycles. The second-order valence-electron chi connectivity index (χ2n) is 2.81. The first kappa shape index (κ1) is 10.1. The van der Waals surface area contributed by atoms with Crippen LogP contribution in [0.4, 0.5) is 0 Å². The van der Waals surface area contributed by atoms with Gasteiger partial charge in [0.15, 0.2) is 0 Å². The van der Waals surface area contributed by atoms with Crippen molar-refractivity contribution in [3.8, 4) is 0 Å². The zero-order chi connectivity index (χ0) is 9.84. The standard InChI is InChI=1S/C10H12O2S/c1-7-5-3-4-6-8(7)9(13-2)10(11)12/h3-6,9H,1-2H3,(H,11,12). The van der Waals surface area contributed by atoms with Crippen molar-refractivity contribution < 1.29 is 9.90 Å². The molecule has 0 amide bonds. The molecule has 1 rings (SSSR count). The van der Waals surface area contributed by atoms with Gasteiger partial charge >= 0.3 is 5.97 Å². The Kier molecular flexibility index (Phi) is 3.37. The molecule has 0 bridgehead atoms. The van der Waals surface area contributed by atoms with Gasteiger partial charge in [0.1, 0.15) is 5.25 Å². The summed E-state index contributed by atoms with van der Waals surface area (Å²) in [5.74, 6) is -0.776. The fraction of sp³-hybridized carbons (Fsp3) is 0.300. The van der Waals surface area contributed by atoms with Crippen LogP contribution in [0, 0.1) is 6.92 Å². The average Bonchev–Trinajstić information content (AvgIpc) is 2.09. The summed E-state index contributed by atoms with van der Waals surface area (Å²) in [4.78, 5) is 10.9. The fourth-order valence-corrected chi connectivity index (χ4v) is 1.96. The van der Waals surface area contributed by atoms with Crippen molar-refractivity contribution in [2.45, 2.75) is 12.2 Å². The lowest BCUT2D eigenvalue weighted by molar-refractivity contribution is -0.136. The molecule has 0 aliphatic heterocycles. The predicted molar refractivity (Wildman–Crippen MR) is 55.1 cm³/mol. The quantitative estimate of drug-likeness (QED) is 0.807. The van der Waals surface area contributed by atoms with Crippen molar-refractivity contribution in [1.29, 1.82) is 0 Å². The normalized spacial score (nSPS) is 12.5. The molecular weight excluding hydrogens is 184 g/mol. The van der Waals surface area contributed by atoms with E-state index in [1.165, 1.54) is 11.8 Å². The first-order valence-electron chi connectivity index (χ1n) is 3.98. The van der Waals surface area contributed by atoms with Crippen molar-refractivity contribution in [3.63, 3.8) is 0 Å². The lowest BCUT2D eigenvalue weighted by Crippen LogP contribution is -2.08. The molecule has 2 nitrogen and oxygen atoms in total. The van der Waals surface area contributed by atoms with Gasteiger partial charge in [0.25, 0.3) is 0 Å². The molecule has 0 radical (unpaired) electrons. The van der Waals surface area contributed by atoms with E-state index in [1.54, 1.807) is 0 Å². The Labute approximate surface area is 82.0 Å². The third-order valence-corrected chi connectivity index (χ3v) is 2.86. The number of aliphatic carboxylic acids is 1. The highest BCUT2D eigenvalue weighted by Crippen LogP contribution is 2.28. The summed E-state index contributed by atoms with van der Waals surface area (Å²) in [7, 11) is 0. The van der Waals surface area contributed by atoms with E-state index in [9.17, 15) is 4.79 Å². The molecule has 3 heteroatoms. The van der Waals surface area contributed by atoms with Crippen LogP contribution in [-0.2, 0) is 4.79 Å². The van der Waals surface area contributed by atoms with Crippen LogP contribution in [0.25, 0.3) is 0 Å². The Balaban J connectivity index is 3.04. The van der Waals surface area contributed by atoms with Gasteiger partial charge in [0.2, 0.25) is 0 Å². The molecule has 0 fully saturated rings. The number of aryl methyl sites for hydroxylation is 1. The van der Waals surface area contributed by atoms with Crippen molar-refractivity contribution in [2.75, 3.05) is 6.26 Å². The number of carboxylic acids is 1. The second-order valence-corrected chi connectivity index (χ2v) is 3.75. The van der Waals surface area contributed by atoms with Crippen LogP contribution in [0.1, 0.15) is 16.4 Å². The van der Waals surface area contributed by atoms with Crippen molar-refractivity contribution in [2.24, 2.45) is 0 Å². The molecule has 0 spiro atoms. The Morgan fingerprint density at radius 3 is 2.54 bits per heavy atom. The van der Waals surface area contributed by atoms with E-state index < -0.39 is 11.2 Å². The van der Waals surface area contributed by atoms with Crippen LogP contribution in [0.15, 0.2) is 24.3 Å². The number of benzene rings is 1. The summed E-state index contributed by atoms with van der Waals surface area (Å²) in [6.45, 7) is 1.93. The Bertz CT molecular complexity index is 310. The molecule has 1 aromatic carbocycles. The molecule has 0 aliphatic carbocycles. The maximum atomic E-state index is 10.9. The first-order valence-corrected chi connectivity index (χ1v) is 5.26. The summed E-state index contributed by atoms with van der Waals surface area (Å²) in [5, 5.41) is 8.49. The van der Waals surface area contributed by atoms with Crippen LogP contribution < -0.4 is 0 Å². The molecule has 1 atom stereocenters. The zero-order valence-corrected chi connectivity index (χ0v) is 8.47. The predicted octanol–water partition coefficient (Wildman–Crippen LogP) is 2.48. The summed E-state index contributed by atoms with van der Waals surface area (Å²) in [6.07, 6.45) is 1.81. The van der Waals surface area contributed by atoms with E-state index >= 15 is 0 Å². The lowest BCUT2D eigenvalue weighted by atomic mass is 10.1. The molecule has 0 aromatic heterocycles. The van der Waals surface area contributed by atoms with Gasteiger partial charge in [-0.3, -0.25) is 4.79 Å². The molecule has 0 heterocycles. The molecular formula is C10H12O2S. The van der Waals surface area contributed by atoms with Crippen LogP contribution in [0.3, 0.4) is 0 Å². The third-order valence-electron chi connectivity index (χ3n) is 1.93. The monoisotopic (exact) mass is 196 g/mol. The van der Waals surface area contributed by atoms with E-state index in [0.717, 1.165) is 11.1 Å². The van der Waals surface area contributed by atoms with E-state index in [0.29, 0.717) is 0 Å². The smallest absolute Gasteiger partial charge is 0.321 e. The number of thioether (sulfide) groups is 1. The maximum absolute atomic E-state index is 10.9. The van der Waals surface area contributed by atoms with E-state index in [-0.39, 0.29) is 0 Å². The van der Waals surface area contributed by atoms with Gasteiger partial charge < -0.3 is 5.11 Å². The number of hydrogen-bond acceptors (Lipinski definition) is 2. The fourth-order valence-electron chi connectivity index (χ4n) is 1.24. The summed E-state index contributed by atoms with van der Waals surface area (Å²) in [5.41, 5.74) is 1.92. The first-order chi connectivity index (χ1) is 6.16. The highest BCUT2D eigenvalue weighted by atomic mass is 32.2. The van der Waals surface area contributed by atoms with Crippen LogP contribution in [0.5, 0.6) is 0 Å². The van der Waals surface area contributed by atoms with Crippen LogP contribution in [-0.4, -0.2) is 17.3 Å². The Hall–Kier alpha value is -0.960. The van der Waals surface area contributed by atoms with Crippen molar-refractivity contribution >= 4 is 17.7 Å². The maximum Gasteiger partial charge on any atom is 0.321 e. The molecule has 1 unspecified atom stereocenters. The summed E-state index contributed by atoms with van der Waals surface area (Å²) < 4.78 is 0. The zero-order valence-electron chi connectivity index (χ0n) is 7.65. The second kappa shape index (κ2) is 4.33. The Morgan fingerprint density at radius 2 is 2.08 bits per heavy atom. The number of rotatable bonds is 3. The lowest BCUT2D eigenvalue weighted by Gasteiger charge is -2.11.